The molecule has 0 aromatic heterocycles. The summed E-state index contributed by atoms with van der Waals surface area (Å²) in [4.78, 5) is 11.7. The number of hydrogen-bond donors (Lipinski definition) is 0. The molecule has 0 atom stereocenters. The molecule has 1 saturated carbocycles. The van der Waals surface area contributed by atoms with Crippen molar-refractivity contribution in [2.45, 2.75) is 45.6 Å². The summed E-state index contributed by atoms with van der Waals surface area (Å²) < 4.78 is 12.5. The number of hydrogen-bond acceptors (Lipinski definition) is 3. The van der Waals surface area contributed by atoms with Gasteiger partial charge in [-0.25, -0.2) is 0 Å². The van der Waals surface area contributed by atoms with Gasteiger partial charge in [-0.1, -0.05) is 25.1 Å². The zero-order valence-corrected chi connectivity index (χ0v) is 15.6. The highest BCUT2D eigenvalue weighted by Crippen LogP contribution is 2.44. The van der Waals surface area contributed by atoms with Crippen molar-refractivity contribution >= 4 is 21.9 Å². The Kier molecular flexibility index (Phi) is 5.24. The van der Waals surface area contributed by atoms with E-state index in [-0.39, 0.29) is 5.97 Å². The number of carbonyl (C=O) groups excluding carboxylic acids is 1. The smallest absolute Gasteiger partial charge is 0.310 e. The zero-order valence-electron chi connectivity index (χ0n) is 14.0. The summed E-state index contributed by atoms with van der Waals surface area (Å²) in [5.41, 5.74) is 3.39. The number of ether oxygens (including phenoxy) is 2. The van der Waals surface area contributed by atoms with Crippen molar-refractivity contribution in [2.24, 2.45) is 0 Å². The molecule has 0 heterocycles. The molecule has 1 aliphatic carbocycles. The lowest BCUT2D eigenvalue weighted by atomic mass is 10.0. The van der Waals surface area contributed by atoms with Gasteiger partial charge in [0.15, 0.2) is 0 Å². The van der Waals surface area contributed by atoms with Crippen molar-refractivity contribution in [1.29, 1.82) is 0 Å². The van der Waals surface area contributed by atoms with Crippen LogP contribution in [0, 0.1) is 6.92 Å². The number of benzene rings is 2. The van der Waals surface area contributed by atoms with E-state index in [4.69, 9.17) is 9.47 Å². The van der Waals surface area contributed by atoms with Crippen LogP contribution in [-0.2, 0) is 11.4 Å². The summed E-state index contributed by atoms with van der Waals surface area (Å²) in [5, 5.41) is 0. The van der Waals surface area contributed by atoms with Gasteiger partial charge >= 0.3 is 5.97 Å². The molecule has 3 rings (SSSR count). The van der Waals surface area contributed by atoms with Crippen LogP contribution >= 0.6 is 15.9 Å². The van der Waals surface area contributed by atoms with E-state index in [0.717, 1.165) is 15.8 Å². The van der Waals surface area contributed by atoms with Crippen molar-refractivity contribution in [2.75, 3.05) is 0 Å². The molecule has 0 bridgehead atoms. The van der Waals surface area contributed by atoms with Gasteiger partial charge in [0.1, 0.15) is 18.1 Å². The standard InChI is InChI=1S/C20H21BrO3/c1-3-20(22)24-18-6-4-5-15(14-8-9-14)16(18)12-23-19-10-7-13(2)11-17(19)21/h4-7,10-11,14H,3,8-9,12H2,1-2H3. The van der Waals surface area contributed by atoms with Gasteiger partial charge in [0.2, 0.25) is 0 Å². The molecule has 0 unspecified atom stereocenters. The molecule has 126 valence electrons. The first-order valence-corrected chi connectivity index (χ1v) is 9.09. The largest absolute Gasteiger partial charge is 0.488 e. The SMILES string of the molecule is CCC(=O)Oc1cccc(C2CC2)c1COc1ccc(C)cc1Br. The van der Waals surface area contributed by atoms with Crippen molar-refractivity contribution < 1.29 is 14.3 Å². The summed E-state index contributed by atoms with van der Waals surface area (Å²) in [6.45, 7) is 4.23. The molecule has 0 saturated heterocycles. The third-order valence-corrected chi connectivity index (χ3v) is 4.78. The Morgan fingerprint density at radius 1 is 1.21 bits per heavy atom. The molecule has 2 aromatic rings. The third kappa shape index (κ3) is 3.99. The van der Waals surface area contributed by atoms with Crippen LogP contribution in [-0.4, -0.2) is 5.97 Å². The highest BCUT2D eigenvalue weighted by atomic mass is 79.9. The molecule has 0 spiro atoms. The Balaban J connectivity index is 1.85. The van der Waals surface area contributed by atoms with E-state index in [2.05, 4.69) is 22.0 Å². The topological polar surface area (TPSA) is 35.5 Å². The monoisotopic (exact) mass is 388 g/mol. The fourth-order valence-electron chi connectivity index (χ4n) is 2.68. The van der Waals surface area contributed by atoms with E-state index in [0.29, 0.717) is 24.7 Å². The number of halogens is 1. The molecule has 4 heteroatoms. The van der Waals surface area contributed by atoms with E-state index >= 15 is 0 Å². The Morgan fingerprint density at radius 3 is 2.67 bits per heavy atom. The van der Waals surface area contributed by atoms with E-state index in [1.165, 1.54) is 24.0 Å². The fraction of sp³-hybridized carbons (Fsp3) is 0.350. The lowest BCUT2D eigenvalue weighted by molar-refractivity contribution is -0.134. The number of aryl methyl sites for hydroxylation is 1. The Morgan fingerprint density at radius 2 is 2.00 bits per heavy atom. The number of rotatable bonds is 6. The molecular formula is C20H21BrO3. The van der Waals surface area contributed by atoms with Crippen LogP contribution in [0.2, 0.25) is 0 Å². The molecule has 0 radical (unpaired) electrons. The van der Waals surface area contributed by atoms with E-state index in [1.807, 2.05) is 37.3 Å². The molecule has 1 fully saturated rings. The second kappa shape index (κ2) is 7.39. The number of carbonyl (C=O) groups is 1. The van der Waals surface area contributed by atoms with E-state index < -0.39 is 0 Å². The summed E-state index contributed by atoms with van der Waals surface area (Å²) in [7, 11) is 0. The van der Waals surface area contributed by atoms with Crippen LogP contribution in [0.3, 0.4) is 0 Å². The second-order valence-corrected chi connectivity index (χ2v) is 7.00. The number of esters is 1. The molecular weight excluding hydrogens is 368 g/mol. The molecule has 0 amide bonds. The van der Waals surface area contributed by atoms with Gasteiger partial charge in [0.25, 0.3) is 0 Å². The molecule has 0 aliphatic heterocycles. The highest BCUT2D eigenvalue weighted by molar-refractivity contribution is 9.10. The van der Waals surface area contributed by atoms with Gasteiger partial charge in [0, 0.05) is 12.0 Å². The van der Waals surface area contributed by atoms with Gasteiger partial charge in [-0.2, -0.15) is 0 Å². The lowest BCUT2D eigenvalue weighted by Crippen LogP contribution is -2.10. The average Bonchev–Trinajstić information content (AvgIpc) is 3.39. The first-order valence-electron chi connectivity index (χ1n) is 8.30. The third-order valence-electron chi connectivity index (χ3n) is 4.16. The predicted octanol–water partition coefficient (Wildman–Crippen LogP) is 5.53. The minimum absolute atomic E-state index is 0.222. The van der Waals surface area contributed by atoms with Crippen LogP contribution in [0.5, 0.6) is 11.5 Å². The second-order valence-electron chi connectivity index (χ2n) is 6.15. The van der Waals surface area contributed by atoms with Crippen molar-refractivity contribution in [3.05, 3.63) is 57.6 Å². The summed E-state index contributed by atoms with van der Waals surface area (Å²) in [6, 6.07) is 11.9. The first kappa shape index (κ1) is 17.0. The first-order chi connectivity index (χ1) is 11.6. The van der Waals surface area contributed by atoms with E-state index in [9.17, 15) is 4.79 Å². The van der Waals surface area contributed by atoms with Crippen molar-refractivity contribution in [1.82, 2.24) is 0 Å². The Labute approximate surface area is 151 Å². The minimum atomic E-state index is -0.222. The van der Waals surface area contributed by atoms with Crippen LogP contribution < -0.4 is 9.47 Å². The quantitative estimate of drug-likeness (QED) is 0.481. The molecule has 0 N–H and O–H groups in total. The minimum Gasteiger partial charge on any atom is -0.488 e. The molecule has 3 nitrogen and oxygen atoms in total. The van der Waals surface area contributed by atoms with Gasteiger partial charge < -0.3 is 9.47 Å². The maximum atomic E-state index is 11.7. The Hall–Kier alpha value is -1.81. The average molecular weight is 389 g/mol. The predicted molar refractivity (Wildman–Crippen MR) is 97.6 cm³/mol. The molecule has 2 aromatic carbocycles. The fourth-order valence-corrected chi connectivity index (χ4v) is 3.28. The Bertz CT molecular complexity index is 751. The van der Waals surface area contributed by atoms with Gasteiger partial charge in [0.05, 0.1) is 4.47 Å². The van der Waals surface area contributed by atoms with Crippen LogP contribution in [0.4, 0.5) is 0 Å². The molecule has 1 aliphatic rings. The summed E-state index contributed by atoms with van der Waals surface area (Å²) >= 11 is 3.54. The lowest BCUT2D eigenvalue weighted by Gasteiger charge is -2.16. The van der Waals surface area contributed by atoms with Crippen LogP contribution in [0.25, 0.3) is 0 Å². The van der Waals surface area contributed by atoms with E-state index in [1.54, 1.807) is 6.92 Å². The maximum absolute atomic E-state index is 11.7. The molecule has 24 heavy (non-hydrogen) atoms. The van der Waals surface area contributed by atoms with Crippen LogP contribution in [0.15, 0.2) is 40.9 Å². The maximum Gasteiger partial charge on any atom is 0.310 e. The van der Waals surface area contributed by atoms with Gasteiger partial charge in [-0.05, 0) is 70.9 Å². The van der Waals surface area contributed by atoms with Gasteiger partial charge in [-0.3, -0.25) is 4.79 Å². The normalized spacial score (nSPS) is 13.6. The van der Waals surface area contributed by atoms with Crippen molar-refractivity contribution in [3.63, 3.8) is 0 Å². The van der Waals surface area contributed by atoms with Crippen molar-refractivity contribution in [3.8, 4) is 11.5 Å². The van der Waals surface area contributed by atoms with Crippen LogP contribution in [0.1, 0.15) is 48.8 Å². The summed E-state index contributed by atoms with van der Waals surface area (Å²) in [5.74, 6) is 1.75. The van der Waals surface area contributed by atoms with Gasteiger partial charge in [-0.15, -0.1) is 0 Å². The summed E-state index contributed by atoms with van der Waals surface area (Å²) in [6.07, 6.45) is 2.73. The highest BCUT2D eigenvalue weighted by Gasteiger charge is 2.28. The zero-order chi connectivity index (χ0) is 17.1.